The summed E-state index contributed by atoms with van der Waals surface area (Å²) in [6.07, 6.45) is 0. The van der Waals surface area contributed by atoms with Gasteiger partial charge in [-0.3, -0.25) is 4.79 Å². The van der Waals surface area contributed by atoms with E-state index in [0.29, 0.717) is 21.3 Å². The van der Waals surface area contributed by atoms with Crippen LogP contribution in [0.2, 0.25) is 0 Å². The summed E-state index contributed by atoms with van der Waals surface area (Å²) >= 11 is 9.93. The monoisotopic (exact) mass is 488 g/mol. The topological polar surface area (TPSA) is 61.7 Å². The second-order valence-electron chi connectivity index (χ2n) is 4.43. The van der Waals surface area contributed by atoms with Crippen LogP contribution in [0.25, 0.3) is 0 Å². The number of hydrogen-bond donors (Lipinski definition) is 2. The maximum atomic E-state index is 12.0. The van der Waals surface area contributed by atoms with Crippen molar-refractivity contribution >= 4 is 59.4 Å². The van der Waals surface area contributed by atoms with E-state index in [4.69, 9.17) is 0 Å². The summed E-state index contributed by atoms with van der Waals surface area (Å²) in [6, 6.07) is 10.4. The standard InChI is InChI=1S/C15H11Br3N2O2/c1-8(12-6-11(17)7-13(18)14(12)21)19-20-15(22)9-2-4-10(16)5-3-9/h2-7,21H,1H3,(H,20,22)/b19-8+. The molecule has 0 aromatic heterocycles. The zero-order chi connectivity index (χ0) is 16.3. The van der Waals surface area contributed by atoms with Crippen LogP contribution in [-0.4, -0.2) is 16.7 Å². The number of carbonyl (C=O) groups is 1. The summed E-state index contributed by atoms with van der Waals surface area (Å²) in [5, 5.41) is 14.1. The highest BCUT2D eigenvalue weighted by atomic mass is 79.9. The van der Waals surface area contributed by atoms with Crippen LogP contribution in [0.5, 0.6) is 5.75 Å². The van der Waals surface area contributed by atoms with Gasteiger partial charge in [0, 0.05) is 20.1 Å². The Kier molecular flexibility index (Phi) is 5.77. The van der Waals surface area contributed by atoms with Gasteiger partial charge in [-0.1, -0.05) is 31.9 Å². The van der Waals surface area contributed by atoms with Crippen LogP contribution in [0.3, 0.4) is 0 Å². The van der Waals surface area contributed by atoms with E-state index in [0.717, 1.165) is 8.95 Å². The van der Waals surface area contributed by atoms with Gasteiger partial charge in [0.05, 0.1) is 10.2 Å². The van der Waals surface area contributed by atoms with Crippen LogP contribution in [0, 0.1) is 0 Å². The number of phenols is 1. The Morgan fingerprint density at radius 2 is 1.73 bits per heavy atom. The maximum absolute atomic E-state index is 12.0. The molecule has 0 spiro atoms. The highest BCUT2D eigenvalue weighted by molar-refractivity contribution is 9.11. The molecule has 2 aromatic rings. The van der Waals surface area contributed by atoms with Crippen LogP contribution >= 0.6 is 47.8 Å². The molecular formula is C15H11Br3N2O2. The number of hydrogen-bond acceptors (Lipinski definition) is 3. The fourth-order valence-corrected chi connectivity index (χ4v) is 3.19. The van der Waals surface area contributed by atoms with Crippen molar-refractivity contribution in [3.05, 3.63) is 60.9 Å². The molecule has 22 heavy (non-hydrogen) atoms. The first kappa shape index (κ1) is 17.2. The van der Waals surface area contributed by atoms with E-state index < -0.39 is 0 Å². The van der Waals surface area contributed by atoms with Gasteiger partial charge in [0.2, 0.25) is 0 Å². The van der Waals surface area contributed by atoms with Crippen molar-refractivity contribution in [3.63, 3.8) is 0 Å². The van der Waals surface area contributed by atoms with Crippen molar-refractivity contribution in [2.45, 2.75) is 6.92 Å². The van der Waals surface area contributed by atoms with Crippen LogP contribution < -0.4 is 5.43 Å². The highest BCUT2D eigenvalue weighted by Crippen LogP contribution is 2.32. The molecule has 7 heteroatoms. The molecule has 0 bridgehead atoms. The van der Waals surface area contributed by atoms with Gasteiger partial charge in [0.1, 0.15) is 5.75 Å². The molecule has 0 atom stereocenters. The second-order valence-corrected chi connectivity index (χ2v) is 7.11. The van der Waals surface area contributed by atoms with Gasteiger partial charge in [-0.2, -0.15) is 5.10 Å². The maximum Gasteiger partial charge on any atom is 0.271 e. The lowest BCUT2D eigenvalue weighted by molar-refractivity contribution is 0.0955. The molecule has 4 nitrogen and oxygen atoms in total. The lowest BCUT2D eigenvalue weighted by Gasteiger charge is -2.08. The van der Waals surface area contributed by atoms with Gasteiger partial charge in [0.15, 0.2) is 0 Å². The fourth-order valence-electron chi connectivity index (χ4n) is 1.70. The van der Waals surface area contributed by atoms with Crippen molar-refractivity contribution in [1.82, 2.24) is 5.43 Å². The zero-order valence-corrected chi connectivity index (χ0v) is 16.2. The molecule has 0 aliphatic rings. The molecule has 0 aliphatic heterocycles. The third-order valence-corrected chi connectivity index (χ3v) is 4.44. The number of hydrazone groups is 1. The predicted octanol–water partition coefficient (Wildman–Crippen LogP) is 4.83. The average molecular weight is 491 g/mol. The van der Waals surface area contributed by atoms with Gasteiger partial charge < -0.3 is 5.11 Å². The summed E-state index contributed by atoms with van der Waals surface area (Å²) in [5.41, 5.74) is 3.99. The number of phenolic OH excluding ortho intramolecular Hbond substituents is 1. The first-order chi connectivity index (χ1) is 10.4. The summed E-state index contributed by atoms with van der Waals surface area (Å²) < 4.78 is 2.24. The Labute approximate surface area is 153 Å². The molecule has 0 unspecified atom stereocenters. The third-order valence-electron chi connectivity index (χ3n) is 2.85. The molecular weight excluding hydrogens is 480 g/mol. The van der Waals surface area contributed by atoms with E-state index >= 15 is 0 Å². The van der Waals surface area contributed by atoms with Crippen molar-refractivity contribution in [1.29, 1.82) is 0 Å². The molecule has 2 N–H and O–H groups in total. The number of benzene rings is 2. The van der Waals surface area contributed by atoms with Crippen molar-refractivity contribution in [3.8, 4) is 5.75 Å². The van der Waals surface area contributed by atoms with Crippen molar-refractivity contribution in [2.75, 3.05) is 0 Å². The second kappa shape index (κ2) is 7.39. The number of aromatic hydroxyl groups is 1. The van der Waals surface area contributed by atoms with E-state index in [1.165, 1.54) is 0 Å². The van der Waals surface area contributed by atoms with E-state index in [1.807, 2.05) is 0 Å². The van der Waals surface area contributed by atoms with Crippen LogP contribution in [0.15, 0.2) is 54.9 Å². The van der Waals surface area contributed by atoms with E-state index in [-0.39, 0.29) is 11.7 Å². The molecule has 0 saturated carbocycles. The fraction of sp³-hybridized carbons (Fsp3) is 0.0667. The van der Waals surface area contributed by atoms with Crippen LogP contribution in [0.1, 0.15) is 22.8 Å². The van der Waals surface area contributed by atoms with E-state index in [2.05, 4.69) is 58.3 Å². The summed E-state index contributed by atoms with van der Waals surface area (Å²) in [6.45, 7) is 1.70. The summed E-state index contributed by atoms with van der Waals surface area (Å²) in [5.74, 6) is -0.247. The van der Waals surface area contributed by atoms with Gasteiger partial charge in [-0.15, -0.1) is 0 Å². The first-order valence-electron chi connectivity index (χ1n) is 6.17. The Hall–Kier alpha value is -1.18. The van der Waals surface area contributed by atoms with E-state index in [9.17, 15) is 9.90 Å². The van der Waals surface area contributed by atoms with Gasteiger partial charge in [-0.05, 0) is 59.3 Å². The number of halogens is 3. The smallest absolute Gasteiger partial charge is 0.271 e. The molecule has 2 aromatic carbocycles. The highest BCUT2D eigenvalue weighted by Gasteiger charge is 2.11. The van der Waals surface area contributed by atoms with E-state index in [1.54, 1.807) is 43.3 Å². The molecule has 2 rings (SSSR count). The Balaban J connectivity index is 2.19. The van der Waals surface area contributed by atoms with Gasteiger partial charge >= 0.3 is 0 Å². The number of amides is 1. The van der Waals surface area contributed by atoms with Crippen LogP contribution in [-0.2, 0) is 0 Å². The number of nitrogens with zero attached hydrogens (tertiary/aromatic N) is 1. The zero-order valence-electron chi connectivity index (χ0n) is 11.4. The van der Waals surface area contributed by atoms with Crippen molar-refractivity contribution < 1.29 is 9.90 Å². The Bertz CT molecular complexity index is 743. The van der Waals surface area contributed by atoms with Gasteiger partial charge in [0.25, 0.3) is 5.91 Å². The summed E-state index contributed by atoms with van der Waals surface area (Å²) in [7, 11) is 0. The average Bonchev–Trinajstić information content (AvgIpc) is 2.48. The molecule has 0 saturated heterocycles. The molecule has 1 amide bonds. The van der Waals surface area contributed by atoms with Crippen molar-refractivity contribution in [2.24, 2.45) is 5.10 Å². The number of rotatable bonds is 3. The molecule has 0 radical (unpaired) electrons. The molecule has 114 valence electrons. The lowest BCUT2D eigenvalue weighted by atomic mass is 10.1. The van der Waals surface area contributed by atoms with Crippen LogP contribution in [0.4, 0.5) is 0 Å². The number of nitrogens with one attached hydrogen (secondary N) is 1. The quantitative estimate of drug-likeness (QED) is 0.478. The summed E-state index contributed by atoms with van der Waals surface area (Å²) in [4.78, 5) is 12.0. The molecule has 0 fully saturated rings. The minimum absolute atomic E-state index is 0.0716. The molecule has 0 heterocycles. The number of carbonyl (C=O) groups excluding carboxylic acids is 1. The third kappa shape index (κ3) is 4.18. The minimum atomic E-state index is -0.319. The first-order valence-corrected chi connectivity index (χ1v) is 8.55. The SMILES string of the molecule is C/C(=N\NC(=O)c1ccc(Br)cc1)c1cc(Br)cc(Br)c1O. The Morgan fingerprint density at radius 1 is 1.09 bits per heavy atom. The van der Waals surface area contributed by atoms with Gasteiger partial charge in [-0.25, -0.2) is 5.43 Å². The minimum Gasteiger partial charge on any atom is -0.506 e. The predicted molar refractivity (Wildman–Crippen MR) is 97.3 cm³/mol. The molecule has 0 aliphatic carbocycles. The normalized spacial score (nSPS) is 11.4. The Morgan fingerprint density at radius 3 is 2.36 bits per heavy atom. The lowest BCUT2D eigenvalue weighted by Crippen LogP contribution is -2.19. The largest absolute Gasteiger partial charge is 0.506 e.